The molecule has 0 atom stereocenters. The van der Waals surface area contributed by atoms with Gasteiger partial charge >= 0.3 is 0 Å². The molecular weight excluding hydrogens is 174 g/mol. The molecule has 0 spiro atoms. The molecule has 14 heavy (non-hydrogen) atoms. The van der Waals surface area contributed by atoms with Crippen molar-refractivity contribution in [1.29, 1.82) is 0 Å². The predicted molar refractivity (Wildman–Crippen MR) is 59.4 cm³/mol. The number of benzene rings is 1. The zero-order chi connectivity index (χ0) is 9.38. The molecule has 0 saturated carbocycles. The first-order valence-corrected chi connectivity index (χ1v) is 4.50. The van der Waals surface area contributed by atoms with Gasteiger partial charge in [-0.2, -0.15) is 5.10 Å². The molecule has 0 bridgehead atoms. The van der Waals surface area contributed by atoms with Crippen LogP contribution in [-0.2, 0) is 0 Å². The molecule has 1 aliphatic rings. The highest BCUT2D eigenvalue weighted by molar-refractivity contribution is 5.91. The normalized spacial score (nSPS) is 13.7. The van der Waals surface area contributed by atoms with Gasteiger partial charge in [0.05, 0.1) is 5.69 Å². The Balaban J connectivity index is 2.31. The third kappa shape index (κ3) is 1.03. The van der Waals surface area contributed by atoms with E-state index in [4.69, 9.17) is 0 Å². The minimum Gasteiger partial charge on any atom is -0.361 e. The third-order valence-electron chi connectivity index (χ3n) is 2.34. The van der Waals surface area contributed by atoms with Crippen molar-refractivity contribution in [2.24, 2.45) is 5.10 Å². The highest BCUT2D eigenvalue weighted by Gasteiger charge is 2.03. The van der Waals surface area contributed by atoms with Crippen LogP contribution in [0.2, 0.25) is 0 Å². The lowest BCUT2D eigenvalue weighted by Crippen LogP contribution is -1.89. The maximum absolute atomic E-state index is 4.03. The maximum atomic E-state index is 4.03. The highest BCUT2D eigenvalue weighted by Crippen LogP contribution is 2.25. The van der Waals surface area contributed by atoms with Gasteiger partial charge in [-0.25, -0.2) is 0 Å². The number of hydrogen-bond acceptors (Lipinski definition) is 2. The fourth-order valence-electron chi connectivity index (χ4n) is 1.65. The van der Waals surface area contributed by atoms with E-state index in [-0.39, 0.29) is 0 Å². The Bertz CT molecular complexity index is 534. The minimum absolute atomic E-state index is 1.03. The average molecular weight is 183 g/mol. The van der Waals surface area contributed by atoms with Gasteiger partial charge in [-0.3, -0.25) is 5.43 Å². The monoisotopic (exact) mass is 183 g/mol. The van der Waals surface area contributed by atoms with Crippen LogP contribution in [-0.4, -0.2) is 11.2 Å². The van der Waals surface area contributed by atoms with Crippen molar-refractivity contribution < 1.29 is 0 Å². The summed E-state index contributed by atoms with van der Waals surface area (Å²) < 4.78 is 0. The summed E-state index contributed by atoms with van der Waals surface area (Å²) in [6.45, 7) is 0. The molecule has 2 heterocycles. The average Bonchev–Trinajstić information content (AvgIpc) is 2.51. The van der Waals surface area contributed by atoms with Crippen molar-refractivity contribution in [2.45, 2.75) is 0 Å². The van der Waals surface area contributed by atoms with Crippen LogP contribution >= 0.6 is 0 Å². The van der Waals surface area contributed by atoms with E-state index in [1.165, 1.54) is 5.39 Å². The third-order valence-corrected chi connectivity index (χ3v) is 2.34. The molecular formula is C11H9N3. The molecule has 1 aromatic heterocycles. The number of nitrogens with zero attached hydrogens (tertiary/aromatic N) is 1. The minimum atomic E-state index is 1.03. The molecule has 3 nitrogen and oxygen atoms in total. The van der Waals surface area contributed by atoms with E-state index in [2.05, 4.69) is 33.7 Å². The topological polar surface area (TPSA) is 40.2 Å². The van der Waals surface area contributed by atoms with E-state index in [1.54, 1.807) is 6.21 Å². The molecule has 0 radical (unpaired) electrons. The molecule has 2 N–H and O–H groups in total. The summed E-state index contributed by atoms with van der Waals surface area (Å²) in [5.41, 5.74) is 6.31. The Morgan fingerprint density at radius 3 is 3.21 bits per heavy atom. The Labute approximate surface area is 81.1 Å². The van der Waals surface area contributed by atoms with Crippen molar-refractivity contribution in [3.63, 3.8) is 0 Å². The number of fused-ring (bicyclic) bond motifs is 2. The molecule has 0 amide bonds. The summed E-state index contributed by atoms with van der Waals surface area (Å²) in [4.78, 5) is 3.17. The Hall–Kier alpha value is -2.03. The summed E-state index contributed by atoms with van der Waals surface area (Å²) in [5.74, 6) is 0. The lowest BCUT2D eigenvalue weighted by Gasteiger charge is -2.03. The number of hydrogen-bond donors (Lipinski definition) is 2. The maximum Gasteiger partial charge on any atom is 0.0655 e. The molecule has 1 aromatic carbocycles. The van der Waals surface area contributed by atoms with Gasteiger partial charge in [0.1, 0.15) is 0 Å². The van der Waals surface area contributed by atoms with Crippen LogP contribution in [0.3, 0.4) is 0 Å². The molecule has 0 fully saturated rings. The van der Waals surface area contributed by atoms with Crippen molar-refractivity contribution in [3.8, 4) is 0 Å². The summed E-state index contributed by atoms with van der Waals surface area (Å²) >= 11 is 0. The number of aromatic amines is 1. The fraction of sp³-hybridized carbons (Fsp3) is 0. The van der Waals surface area contributed by atoms with E-state index >= 15 is 0 Å². The van der Waals surface area contributed by atoms with E-state index in [9.17, 15) is 0 Å². The van der Waals surface area contributed by atoms with Gasteiger partial charge in [-0.1, -0.05) is 6.08 Å². The zero-order valence-electron chi connectivity index (χ0n) is 7.49. The van der Waals surface area contributed by atoms with Gasteiger partial charge in [0, 0.05) is 28.9 Å². The van der Waals surface area contributed by atoms with Crippen LogP contribution in [0.5, 0.6) is 0 Å². The molecule has 0 saturated heterocycles. The highest BCUT2D eigenvalue weighted by atomic mass is 15.3. The largest absolute Gasteiger partial charge is 0.361 e. The lowest BCUT2D eigenvalue weighted by molar-refractivity contribution is 1.36. The second-order valence-corrected chi connectivity index (χ2v) is 3.25. The number of H-pyrrole nitrogens is 1. The van der Waals surface area contributed by atoms with Crippen LogP contribution in [0, 0.1) is 0 Å². The summed E-state index contributed by atoms with van der Waals surface area (Å²) in [6.07, 6.45) is 7.66. The first kappa shape index (κ1) is 7.38. The van der Waals surface area contributed by atoms with Crippen LogP contribution in [0.4, 0.5) is 5.69 Å². The van der Waals surface area contributed by atoms with Crippen molar-refractivity contribution >= 4 is 28.9 Å². The summed E-state index contributed by atoms with van der Waals surface area (Å²) in [5, 5.41) is 5.25. The zero-order valence-corrected chi connectivity index (χ0v) is 7.49. The molecule has 2 aromatic rings. The molecule has 68 valence electrons. The number of aromatic nitrogens is 1. The van der Waals surface area contributed by atoms with Crippen LogP contribution in [0.1, 0.15) is 5.56 Å². The molecule has 1 aliphatic heterocycles. The Kier molecular flexibility index (Phi) is 1.44. The van der Waals surface area contributed by atoms with Gasteiger partial charge in [0.2, 0.25) is 0 Å². The second-order valence-electron chi connectivity index (χ2n) is 3.25. The van der Waals surface area contributed by atoms with E-state index in [1.807, 2.05) is 18.3 Å². The second kappa shape index (κ2) is 2.73. The smallest absolute Gasteiger partial charge is 0.0655 e. The fourth-order valence-corrected chi connectivity index (χ4v) is 1.65. The Morgan fingerprint density at radius 2 is 2.21 bits per heavy atom. The molecule has 3 rings (SSSR count). The standard InChI is InChI=1S/C11H9N3/c1-2-8-6-9-3-5-12-10(9)7-11(8)14-13-4-1/h1-7,12,14H. The SMILES string of the molecule is C1=Cc2cc3cc[nH]c3cc2NN=C1. The molecule has 0 unspecified atom stereocenters. The van der Waals surface area contributed by atoms with Crippen LogP contribution in [0.15, 0.2) is 35.6 Å². The lowest BCUT2D eigenvalue weighted by atomic mass is 10.1. The summed E-state index contributed by atoms with van der Waals surface area (Å²) in [6, 6.07) is 6.27. The Morgan fingerprint density at radius 1 is 1.21 bits per heavy atom. The van der Waals surface area contributed by atoms with Crippen LogP contribution in [0.25, 0.3) is 17.0 Å². The number of allylic oxidation sites excluding steroid dienone is 1. The van der Waals surface area contributed by atoms with Gasteiger partial charge in [-0.15, -0.1) is 0 Å². The van der Waals surface area contributed by atoms with Crippen molar-refractivity contribution in [3.05, 3.63) is 36.0 Å². The van der Waals surface area contributed by atoms with Gasteiger partial charge in [-0.05, 0) is 24.3 Å². The van der Waals surface area contributed by atoms with Crippen molar-refractivity contribution in [1.82, 2.24) is 4.98 Å². The van der Waals surface area contributed by atoms with Gasteiger partial charge < -0.3 is 4.98 Å². The van der Waals surface area contributed by atoms with E-state index in [0.29, 0.717) is 0 Å². The molecule has 3 heteroatoms. The summed E-state index contributed by atoms with van der Waals surface area (Å²) in [7, 11) is 0. The first-order chi connectivity index (χ1) is 6.93. The van der Waals surface area contributed by atoms with E-state index < -0.39 is 0 Å². The molecule has 0 aliphatic carbocycles. The van der Waals surface area contributed by atoms with E-state index in [0.717, 1.165) is 16.8 Å². The number of anilines is 1. The number of hydrazone groups is 1. The number of nitrogens with one attached hydrogen (secondary N) is 2. The van der Waals surface area contributed by atoms with Crippen LogP contribution < -0.4 is 5.43 Å². The van der Waals surface area contributed by atoms with Gasteiger partial charge in [0.15, 0.2) is 0 Å². The van der Waals surface area contributed by atoms with Crippen molar-refractivity contribution in [2.75, 3.05) is 5.43 Å². The quantitative estimate of drug-likeness (QED) is 0.647. The number of rotatable bonds is 0. The van der Waals surface area contributed by atoms with Gasteiger partial charge in [0.25, 0.3) is 0 Å². The first-order valence-electron chi connectivity index (χ1n) is 4.50. The predicted octanol–water partition coefficient (Wildman–Crippen LogP) is 2.59.